The van der Waals surface area contributed by atoms with Gasteiger partial charge in [-0.1, -0.05) is 6.07 Å². The van der Waals surface area contributed by atoms with E-state index in [4.69, 9.17) is 4.74 Å². The van der Waals surface area contributed by atoms with Crippen LogP contribution in [0.25, 0.3) is 0 Å². The number of likely N-dealkylation sites (N-methyl/N-ethyl adjacent to an activating group) is 1. The number of methoxy groups -OCH3 is 1. The summed E-state index contributed by atoms with van der Waals surface area (Å²) in [6, 6.07) is 8.99. The zero-order valence-electron chi connectivity index (χ0n) is 16.0. The molecule has 8 heteroatoms. The molecule has 1 aromatic heterocycles. The van der Waals surface area contributed by atoms with E-state index >= 15 is 0 Å². The predicted molar refractivity (Wildman–Crippen MR) is 105 cm³/mol. The van der Waals surface area contributed by atoms with E-state index in [1.54, 1.807) is 31.6 Å². The standard InChI is InChI=1S/C19H25N3O4S/c1-15-5-6-18(26-3)17(13-15)22(27(4,24)25)14-19(23)21(2)12-9-16-7-10-20-11-8-16/h5-8,10-11,13H,9,12,14H2,1-4H3. The second-order valence-electron chi connectivity index (χ2n) is 6.37. The number of anilines is 1. The minimum absolute atomic E-state index is 0.286. The molecule has 0 aliphatic heterocycles. The maximum absolute atomic E-state index is 12.6. The van der Waals surface area contributed by atoms with Gasteiger partial charge in [-0.15, -0.1) is 0 Å². The van der Waals surface area contributed by atoms with Gasteiger partial charge in [-0.25, -0.2) is 8.42 Å². The SMILES string of the molecule is COc1ccc(C)cc1N(CC(=O)N(C)CCc1ccncc1)S(C)(=O)=O. The van der Waals surface area contributed by atoms with Gasteiger partial charge in [0.2, 0.25) is 15.9 Å². The fourth-order valence-electron chi connectivity index (χ4n) is 2.59. The molecular weight excluding hydrogens is 366 g/mol. The average Bonchev–Trinajstić information content (AvgIpc) is 2.63. The van der Waals surface area contributed by atoms with Crippen LogP contribution < -0.4 is 9.04 Å². The Morgan fingerprint density at radius 2 is 1.85 bits per heavy atom. The van der Waals surface area contributed by atoms with Gasteiger partial charge in [-0.05, 0) is 48.7 Å². The first-order valence-corrected chi connectivity index (χ1v) is 10.3. The summed E-state index contributed by atoms with van der Waals surface area (Å²) in [5.41, 5.74) is 2.29. The van der Waals surface area contributed by atoms with Gasteiger partial charge in [-0.3, -0.25) is 14.1 Å². The van der Waals surface area contributed by atoms with Gasteiger partial charge in [0.25, 0.3) is 0 Å². The molecule has 0 aliphatic rings. The summed E-state index contributed by atoms with van der Waals surface area (Å²) in [6.45, 7) is 2.04. The molecule has 0 fully saturated rings. The molecule has 2 rings (SSSR count). The van der Waals surface area contributed by atoms with Crippen molar-refractivity contribution >= 4 is 21.6 Å². The van der Waals surface area contributed by atoms with Gasteiger partial charge < -0.3 is 9.64 Å². The molecule has 0 atom stereocenters. The summed E-state index contributed by atoms with van der Waals surface area (Å²) in [6.07, 6.45) is 5.15. The topological polar surface area (TPSA) is 79.8 Å². The Kier molecular flexibility index (Phi) is 6.79. The molecule has 146 valence electrons. The van der Waals surface area contributed by atoms with Crippen molar-refractivity contribution in [2.45, 2.75) is 13.3 Å². The molecule has 0 unspecified atom stereocenters. The number of aromatic nitrogens is 1. The number of hydrogen-bond acceptors (Lipinski definition) is 5. The highest BCUT2D eigenvalue weighted by Gasteiger charge is 2.25. The lowest BCUT2D eigenvalue weighted by Gasteiger charge is -2.26. The lowest BCUT2D eigenvalue weighted by molar-refractivity contribution is -0.128. The number of amides is 1. The largest absolute Gasteiger partial charge is 0.495 e. The smallest absolute Gasteiger partial charge is 0.243 e. The summed E-state index contributed by atoms with van der Waals surface area (Å²) >= 11 is 0. The van der Waals surface area contributed by atoms with Crippen LogP contribution in [0.3, 0.4) is 0 Å². The van der Waals surface area contributed by atoms with E-state index in [2.05, 4.69) is 4.98 Å². The quantitative estimate of drug-likeness (QED) is 0.686. The van der Waals surface area contributed by atoms with Crippen molar-refractivity contribution in [3.63, 3.8) is 0 Å². The second kappa shape index (κ2) is 8.85. The molecular formula is C19H25N3O4S. The van der Waals surface area contributed by atoms with Crippen molar-refractivity contribution in [2.24, 2.45) is 0 Å². The van der Waals surface area contributed by atoms with E-state index in [9.17, 15) is 13.2 Å². The van der Waals surface area contributed by atoms with Gasteiger partial charge >= 0.3 is 0 Å². The number of carbonyl (C=O) groups is 1. The van der Waals surface area contributed by atoms with Crippen molar-refractivity contribution in [3.8, 4) is 5.75 Å². The average molecular weight is 391 g/mol. The number of sulfonamides is 1. The van der Waals surface area contributed by atoms with Crippen LogP contribution in [0.5, 0.6) is 5.75 Å². The summed E-state index contributed by atoms with van der Waals surface area (Å²) in [7, 11) is -0.532. The number of ether oxygens (including phenoxy) is 1. The predicted octanol–water partition coefficient (Wildman–Crippen LogP) is 1.87. The van der Waals surface area contributed by atoms with Gasteiger partial charge in [-0.2, -0.15) is 0 Å². The highest BCUT2D eigenvalue weighted by molar-refractivity contribution is 7.92. The molecule has 0 saturated carbocycles. The summed E-state index contributed by atoms with van der Waals surface area (Å²) in [5, 5.41) is 0. The Morgan fingerprint density at radius 1 is 1.19 bits per heavy atom. The summed E-state index contributed by atoms with van der Waals surface area (Å²) in [5.74, 6) is 0.108. The van der Waals surface area contributed by atoms with E-state index in [1.165, 1.54) is 12.0 Å². The van der Waals surface area contributed by atoms with Crippen LogP contribution >= 0.6 is 0 Å². The number of pyridine rings is 1. The molecule has 0 aliphatic carbocycles. The molecule has 7 nitrogen and oxygen atoms in total. The molecule has 1 aromatic carbocycles. The summed E-state index contributed by atoms with van der Waals surface area (Å²) < 4.78 is 31.1. The number of nitrogens with zero attached hydrogens (tertiary/aromatic N) is 3. The number of aryl methyl sites for hydroxylation is 1. The maximum atomic E-state index is 12.6. The van der Waals surface area contributed by atoms with Crippen LogP contribution in [0, 0.1) is 6.92 Å². The first kappa shape index (κ1) is 20.7. The van der Waals surface area contributed by atoms with Gasteiger partial charge in [0.05, 0.1) is 19.1 Å². The Balaban J connectivity index is 2.16. The fraction of sp³-hybridized carbons (Fsp3) is 0.368. The second-order valence-corrected chi connectivity index (χ2v) is 8.27. The first-order valence-electron chi connectivity index (χ1n) is 8.47. The highest BCUT2D eigenvalue weighted by atomic mass is 32.2. The Bertz CT molecular complexity index is 885. The molecule has 1 amide bonds. The van der Waals surface area contributed by atoms with Gasteiger partial charge in [0.15, 0.2) is 0 Å². The van der Waals surface area contributed by atoms with Crippen molar-refractivity contribution in [1.29, 1.82) is 0 Å². The van der Waals surface area contributed by atoms with Crippen LogP contribution in [0.15, 0.2) is 42.7 Å². The van der Waals surface area contributed by atoms with Crippen molar-refractivity contribution in [2.75, 3.05) is 37.8 Å². The molecule has 0 bridgehead atoms. The molecule has 0 spiro atoms. The molecule has 0 saturated heterocycles. The lowest BCUT2D eigenvalue weighted by atomic mass is 10.2. The first-order chi connectivity index (χ1) is 12.7. The summed E-state index contributed by atoms with van der Waals surface area (Å²) in [4.78, 5) is 18.1. The van der Waals surface area contributed by atoms with Crippen LogP contribution in [0.4, 0.5) is 5.69 Å². The van der Waals surface area contributed by atoms with Gasteiger partial charge in [0.1, 0.15) is 12.3 Å². The van der Waals surface area contributed by atoms with Crippen molar-refractivity contribution in [3.05, 3.63) is 53.9 Å². The zero-order valence-corrected chi connectivity index (χ0v) is 16.9. The maximum Gasteiger partial charge on any atom is 0.243 e. The Morgan fingerprint density at radius 3 is 2.44 bits per heavy atom. The Labute approximate surface area is 160 Å². The van der Waals surface area contributed by atoms with E-state index in [1.807, 2.05) is 25.1 Å². The third-order valence-electron chi connectivity index (χ3n) is 4.19. The number of benzene rings is 1. The van der Waals surface area contributed by atoms with E-state index in [0.29, 0.717) is 24.4 Å². The Hall–Kier alpha value is -2.61. The lowest BCUT2D eigenvalue weighted by Crippen LogP contribution is -2.42. The zero-order chi connectivity index (χ0) is 20.0. The minimum atomic E-state index is -3.67. The van der Waals surface area contributed by atoms with Crippen LogP contribution in [0.1, 0.15) is 11.1 Å². The van der Waals surface area contributed by atoms with E-state index < -0.39 is 10.0 Å². The normalized spacial score (nSPS) is 11.1. The van der Waals surface area contributed by atoms with Crippen molar-refractivity contribution in [1.82, 2.24) is 9.88 Å². The molecule has 0 N–H and O–H groups in total. The van der Waals surface area contributed by atoms with E-state index in [0.717, 1.165) is 21.7 Å². The van der Waals surface area contributed by atoms with Crippen molar-refractivity contribution < 1.29 is 17.9 Å². The highest BCUT2D eigenvalue weighted by Crippen LogP contribution is 2.30. The minimum Gasteiger partial charge on any atom is -0.495 e. The monoisotopic (exact) mass is 391 g/mol. The van der Waals surface area contributed by atoms with Gasteiger partial charge in [0, 0.05) is 26.0 Å². The fourth-order valence-corrected chi connectivity index (χ4v) is 3.44. The number of carbonyl (C=O) groups excluding carboxylic acids is 1. The number of hydrogen-bond donors (Lipinski definition) is 0. The number of rotatable bonds is 8. The third-order valence-corrected chi connectivity index (χ3v) is 5.32. The van der Waals surface area contributed by atoms with Crippen LogP contribution in [0.2, 0.25) is 0 Å². The van der Waals surface area contributed by atoms with Crippen LogP contribution in [-0.4, -0.2) is 57.7 Å². The molecule has 27 heavy (non-hydrogen) atoms. The van der Waals surface area contributed by atoms with E-state index in [-0.39, 0.29) is 12.5 Å². The molecule has 2 aromatic rings. The molecule has 1 heterocycles. The molecule has 0 radical (unpaired) electrons. The van der Waals surface area contributed by atoms with Crippen LogP contribution in [-0.2, 0) is 21.2 Å². The third kappa shape index (κ3) is 5.68.